The summed E-state index contributed by atoms with van der Waals surface area (Å²) in [4.78, 5) is 24.6. The Labute approximate surface area is 214 Å². The number of piperidine rings is 1. The molecule has 4 aromatic rings. The van der Waals surface area contributed by atoms with E-state index in [1.165, 1.54) is 11.3 Å². The average molecular weight is 505 g/mol. The summed E-state index contributed by atoms with van der Waals surface area (Å²) in [5.74, 6) is 0.414. The average Bonchev–Trinajstić information content (AvgIpc) is 3.24. The third-order valence-electron chi connectivity index (χ3n) is 6.93. The molecule has 1 saturated heterocycles. The number of fused-ring (bicyclic) bond motifs is 2. The Hall–Kier alpha value is -3.27. The van der Waals surface area contributed by atoms with E-state index in [1.54, 1.807) is 6.20 Å². The van der Waals surface area contributed by atoms with E-state index < -0.39 is 12.0 Å². The Balaban J connectivity index is 1.23. The van der Waals surface area contributed by atoms with Crippen LogP contribution in [0.5, 0.6) is 0 Å². The summed E-state index contributed by atoms with van der Waals surface area (Å²) in [7, 11) is 0. The molecule has 0 bridgehead atoms. The van der Waals surface area contributed by atoms with Crippen molar-refractivity contribution in [2.24, 2.45) is 5.73 Å². The number of anilines is 2. The van der Waals surface area contributed by atoms with Gasteiger partial charge in [-0.1, -0.05) is 31.5 Å². The number of carbonyl (C=O) groups excluding carboxylic acids is 1. The monoisotopic (exact) mass is 504 g/mol. The van der Waals surface area contributed by atoms with Crippen LogP contribution in [-0.2, 0) is 6.42 Å². The number of nitrogens with zero attached hydrogens (tertiary/aromatic N) is 3. The number of benzene rings is 1. The lowest BCUT2D eigenvalue weighted by molar-refractivity contribution is 0.100. The number of para-hydroxylation sites is 1. The number of amides is 1. The third-order valence-corrected chi connectivity index (χ3v) is 8.04. The number of aliphatic hydroxyl groups excluding tert-OH is 1. The van der Waals surface area contributed by atoms with Gasteiger partial charge in [0.2, 0.25) is 0 Å². The molecule has 0 spiro atoms. The molecule has 1 unspecified atom stereocenters. The first kappa shape index (κ1) is 24.4. The maximum Gasteiger partial charge on any atom is 0.260 e. The van der Waals surface area contributed by atoms with Crippen LogP contribution >= 0.6 is 11.3 Å². The minimum Gasteiger partial charge on any atom is -0.397 e. The molecule has 0 saturated carbocycles. The Morgan fingerprint density at radius 2 is 2.06 bits per heavy atom. The number of rotatable bonds is 8. The van der Waals surface area contributed by atoms with Gasteiger partial charge in [0.05, 0.1) is 17.3 Å². The van der Waals surface area contributed by atoms with Crippen molar-refractivity contribution in [1.29, 1.82) is 0 Å². The largest absolute Gasteiger partial charge is 0.397 e. The van der Waals surface area contributed by atoms with E-state index in [-0.39, 0.29) is 0 Å². The second kappa shape index (κ2) is 10.4. The molecule has 4 heterocycles. The predicted molar refractivity (Wildman–Crippen MR) is 146 cm³/mol. The molecule has 188 valence electrons. The van der Waals surface area contributed by atoms with Crippen molar-refractivity contribution in [3.63, 3.8) is 0 Å². The molecular formula is C27H32N6O2S. The molecule has 8 nitrogen and oxygen atoms in total. The highest BCUT2D eigenvalue weighted by molar-refractivity contribution is 7.21. The van der Waals surface area contributed by atoms with E-state index in [4.69, 9.17) is 16.5 Å². The van der Waals surface area contributed by atoms with E-state index in [0.29, 0.717) is 23.2 Å². The number of nitrogens with one attached hydrogen (secondary N) is 1. The summed E-state index contributed by atoms with van der Waals surface area (Å²) in [5.41, 5.74) is 15.1. The Bertz CT molecular complexity index is 1400. The Morgan fingerprint density at radius 1 is 1.28 bits per heavy atom. The number of hydrogen-bond acceptors (Lipinski definition) is 8. The maximum absolute atomic E-state index is 11.8. The van der Waals surface area contributed by atoms with Gasteiger partial charge in [-0.3, -0.25) is 9.78 Å². The molecule has 1 aromatic carbocycles. The van der Waals surface area contributed by atoms with Gasteiger partial charge >= 0.3 is 0 Å². The summed E-state index contributed by atoms with van der Waals surface area (Å²) < 4.78 is 0. The molecule has 1 aliphatic heterocycles. The van der Waals surface area contributed by atoms with E-state index in [9.17, 15) is 9.90 Å². The summed E-state index contributed by atoms with van der Waals surface area (Å²) in [5, 5.41) is 16.2. The molecule has 6 N–H and O–H groups in total. The fourth-order valence-electron chi connectivity index (χ4n) is 4.98. The molecule has 0 radical (unpaired) electrons. The first-order chi connectivity index (χ1) is 17.4. The van der Waals surface area contributed by atoms with Gasteiger partial charge in [-0.15, -0.1) is 11.3 Å². The van der Waals surface area contributed by atoms with Crippen LogP contribution in [0.1, 0.15) is 53.1 Å². The zero-order chi connectivity index (χ0) is 25.2. The standard InChI is InChI=1S/C27H32N6O2S/c1-2-5-17-13-22(32-27-23(17)24(28)25(36-27)26(29)35)33-10-8-19(9-11-33)30-15-21(34)18-12-16-6-3-4-7-20(16)31-14-18/h3-4,6-7,12-14,19,21,30,34H,2,5,8-11,15,28H2,1H3,(H2,29,35). The zero-order valence-corrected chi connectivity index (χ0v) is 21.2. The molecule has 1 atom stereocenters. The number of primary amides is 1. The van der Waals surface area contributed by atoms with Crippen LogP contribution in [0.4, 0.5) is 11.5 Å². The fraction of sp³-hybridized carbons (Fsp3) is 0.370. The second-order valence-electron chi connectivity index (χ2n) is 9.43. The molecule has 9 heteroatoms. The number of aryl methyl sites for hydroxylation is 1. The fourth-order valence-corrected chi connectivity index (χ4v) is 5.96. The first-order valence-corrected chi connectivity index (χ1v) is 13.3. The summed E-state index contributed by atoms with van der Waals surface area (Å²) >= 11 is 1.28. The highest BCUT2D eigenvalue weighted by Gasteiger charge is 2.24. The van der Waals surface area contributed by atoms with Gasteiger partial charge in [-0.25, -0.2) is 4.98 Å². The lowest BCUT2D eigenvalue weighted by atomic mass is 10.0. The normalized spacial score (nSPS) is 15.6. The molecule has 1 amide bonds. The van der Waals surface area contributed by atoms with Gasteiger partial charge in [0.1, 0.15) is 15.5 Å². The number of hydrogen-bond donors (Lipinski definition) is 4. The van der Waals surface area contributed by atoms with Crippen LogP contribution in [0, 0.1) is 0 Å². The smallest absolute Gasteiger partial charge is 0.260 e. The number of pyridine rings is 2. The number of aliphatic hydroxyl groups is 1. The lowest BCUT2D eigenvalue weighted by Gasteiger charge is -2.34. The topological polar surface area (TPSA) is 130 Å². The minimum atomic E-state index is -0.607. The first-order valence-electron chi connectivity index (χ1n) is 12.5. The quantitative estimate of drug-likeness (QED) is 0.287. The van der Waals surface area contributed by atoms with Crippen molar-refractivity contribution in [3.05, 3.63) is 58.6 Å². The number of carbonyl (C=O) groups is 1. The highest BCUT2D eigenvalue weighted by atomic mass is 32.1. The van der Waals surface area contributed by atoms with Gasteiger partial charge in [-0.2, -0.15) is 0 Å². The van der Waals surface area contributed by atoms with Gasteiger partial charge in [-0.05, 0) is 43.0 Å². The SMILES string of the molecule is CCCc1cc(N2CCC(NCC(O)c3cnc4ccccc4c3)CC2)nc2sc(C(N)=O)c(N)c12. The zero-order valence-electron chi connectivity index (χ0n) is 20.4. The molecule has 5 rings (SSSR count). The van der Waals surface area contributed by atoms with Crippen molar-refractivity contribution in [1.82, 2.24) is 15.3 Å². The molecular weight excluding hydrogens is 472 g/mol. The van der Waals surface area contributed by atoms with Crippen LogP contribution in [0.25, 0.3) is 21.1 Å². The molecule has 36 heavy (non-hydrogen) atoms. The van der Waals surface area contributed by atoms with Gasteiger partial charge in [0.15, 0.2) is 0 Å². The number of nitrogen functional groups attached to an aromatic ring is 1. The van der Waals surface area contributed by atoms with Crippen LogP contribution in [0.15, 0.2) is 42.6 Å². The molecule has 0 aliphatic carbocycles. The predicted octanol–water partition coefficient (Wildman–Crippen LogP) is 3.77. The second-order valence-corrected chi connectivity index (χ2v) is 10.4. The Morgan fingerprint density at radius 3 is 2.81 bits per heavy atom. The van der Waals surface area contributed by atoms with E-state index >= 15 is 0 Å². The Kier molecular flexibility index (Phi) is 7.04. The molecule has 1 fully saturated rings. The van der Waals surface area contributed by atoms with E-state index in [1.807, 2.05) is 30.3 Å². The van der Waals surface area contributed by atoms with Crippen molar-refractivity contribution >= 4 is 49.9 Å². The number of nitrogens with two attached hydrogens (primary N) is 2. The molecule has 3 aromatic heterocycles. The van der Waals surface area contributed by atoms with E-state index in [2.05, 4.69) is 28.2 Å². The van der Waals surface area contributed by atoms with Crippen molar-refractivity contribution in [2.45, 2.75) is 44.8 Å². The van der Waals surface area contributed by atoms with Gasteiger partial charge in [0, 0.05) is 48.2 Å². The van der Waals surface area contributed by atoms with Crippen LogP contribution in [-0.4, -0.2) is 46.7 Å². The molecule has 1 aliphatic rings. The highest BCUT2D eigenvalue weighted by Crippen LogP contribution is 2.37. The lowest BCUT2D eigenvalue weighted by Crippen LogP contribution is -2.44. The van der Waals surface area contributed by atoms with Crippen LogP contribution < -0.4 is 21.7 Å². The number of aromatic nitrogens is 2. The van der Waals surface area contributed by atoms with Crippen LogP contribution in [0.2, 0.25) is 0 Å². The van der Waals surface area contributed by atoms with E-state index in [0.717, 1.165) is 76.8 Å². The van der Waals surface area contributed by atoms with Gasteiger partial charge in [0.25, 0.3) is 5.91 Å². The van der Waals surface area contributed by atoms with Crippen molar-refractivity contribution in [2.75, 3.05) is 30.3 Å². The van der Waals surface area contributed by atoms with Crippen LogP contribution in [0.3, 0.4) is 0 Å². The third kappa shape index (κ3) is 4.86. The van der Waals surface area contributed by atoms with Gasteiger partial charge < -0.3 is 26.8 Å². The summed E-state index contributed by atoms with van der Waals surface area (Å²) in [6.45, 7) is 4.33. The maximum atomic E-state index is 11.8. The summed E-state index contributed by atoms with van der Waals surface area (Å²) in [6, 6.07) is 12.4. The minimum absolute atomic E-state index is 0.321. The number of thiophene rings is 1. The summed E-state index contributed by atoms with van der Waals surface area (Å²) in [6.07, 6.45) is 4.89. The van der Waals surface area contributed by atoms with Crippen molar-refractivity contribution < 1.29 is 9.90 Å². The van der Waals surface area contributed by atoms with Crippen molar-refractivity contribution in [3.8, 4) is 0 Å².